The Labute approximate surface area is 131 Å². The van der Waals surface area contributed by atoms with Crippen molar-refractivity contribution in [3.63, 3.8) is 0 Å². The quantitative estimate of drug-likeness (QED) is 0.361. The minimum atomic E-state index is -3.42. The number of hydrogen-bond donors (Lipinski definition) is 0. The van der Waals surface area contributed by atoms with Crippen molar-refractivity contribution >= 4 is 19.6 Å². The van der Waals surface area contributed by atoms with E-state index in [0.29, 0.717) is 17.8 Å². The van der Waals surface area contributed by atoms with Crippen LogP contribution >= 0.6 is 0 Å². The summed E-state index contributed by atoms with van der Waals surface area (Å²) in [6, 6.07) is 0. The second kappa shape index (κ2) is 11.0. The molecule has 0 aromatic rings. The molecule has 0 N–H and O–H groups in total. The van der Waals surface area contributed by atoms with E-state index in [4.69, 9.17) is 9.22 Å². The van der Waals surface area contributed by atoms with Crippen LogP contribution in [0, 0.1) is 17.8 Å². The predicted molar refractivity (Wildman–Crippen MR) is 87.7 cm³/mol. The van der Waals surface area contributed by atoms with Gasteiger partial charge < -0.3 is 0 Å². The Bertz CT molecular complexity index is 221. The fourth-order valence-electron chi connectivity index (χ4n) is 1.50. The predicted octanol–water partition coefficient (Wildman–Crippen LogP) is 4.52. The Kier molecular flexibility index (Phi) is 11.3. The van der Waals surface area contributed by atoms with Crippen LogP contribution in [-0.4, -0.2) is 39.4 Å². The molecule has 3 nitrogen and oxygen atoms in total. The first-order valence-corrected chi connectivity index (χ1v) is 13.4. The van der Waals surface area contributed by atoms with Gasteiger partial charge in [-0.3, -0.25) is 0 Å². The van der Waals surface area contributed by atoms with Crippen molar-refractivity contribution < 1.29 is 9.22 Å². The van der Waals surface area contributed by atoms with Crippen LogP contribution in [0.3, 0.4) is 0 Å². The summed E-state index contributed by atoms with van der Waals surface area (Å²) in [5.74, 6) is 1.50. The van der Waals surface area contributed by atoms with Crippen LogP contribution in [0.4, 0.5) is 0 Å². The van der Waals surface area contributed by atoms with E-state index in [1.54, 1.807) is 0 Å². The van der Waals surface area contributed by atoms with Crippen molar-refractivity contribution in [2.24, 2.45) is 17.8 Å². The van der Waals surface area contributed by atoms with Crippen molar-refractivity contribution in [1.82, 2.24) is 0 Å². The molecule has 0 aliphatic carbocycles. The van der Waals surface area contributed by atoms with E-state index >= 15 is 0 Å². The number of hydrogen-bond acceptors (Lipinski definition) is 3. The zero-order valence-corrected chi connectivity index (χ0v) is 17.1. The van der Waals surface area contributed by atoms with Crippen LogP contribution in [0.25, 0.3) is 0 Å². The molecule has 0 radical (unpaired) electrons. The Morgan fingerprint density at radius 1 is 0.800 bits per heavy atom. The van der Waals surface area contributed by atoms with Gasteiger partial charge >= 0.3 is 131 Å². The molecule has 0 unspecified atom stereocenters. The van der Waals surface area contributed by atoms with Gasteiger partial charge in [-0.15, -0.1) is 0 Å². The summed E-state index contributed by atoms with van der Waals surface area (Å²) in [6.45, 7) is 19.0. The summed E-state index contributed by atoms with van der Waals surface area (Å²) >= 11 is -3.42. The molecular formula is C16H34O3Sn. The zero-order chi connectivity index (χ0) is 15.6. The van der Waals surface area contributed by atoms with E-state index in [2.05, 4.69) is 48.1 Å². The molecule has 0 saturated heterocycles. The van der Waals surface area contributed by atoms with E-state index in [9.17, 15) is 0 Å². The summed E-state index contributed by atoms with van der Waals surface area (Å²) < 4.78 is 19.5. The molecule has 0 amide bonds. The summed E-state index contributed by atoms with van der Waals surface area (Å²) in [5, 5.41) is 0. The Morgan fingerprint density at radius 3 is 1.40 bits per heavy atom. The molecule has 0 aliphatic heterocycles. The van der Waals surface area contributed by atoms with Crippen molar-refractivity contribution in [3.05, 3.63) is 12.7 Å². The third kappa shape index (κ3) is 10.2. The van der Waals surface area contributed by atoms with Crippen LogP contribution in [0.1, 0.15) is 48.0 Å². The first kappa shape index (κ1) is 20.4. The summed E-state index contributed by atoms with van der Waals surface area (Å²) in [5.41, 5.74) is 0. The van der Waals surface area contributed by atoms with E-state index in [1.165, 1.54) is 0 Å². The molecule has 20 heavy (non-hydrogen) atoms. The van der Waals surface area contributed by atoms with Gasteiger partial charge in [-0.2, -0.15) is 0 Å². The summed E-state index contributed by atoms with van der Waals surface area (Å²) in [4.78, 5) is 0. The van der Waals surface area contributed by atoms with Gasteiger partial charge in [-0.25, -0.2) is 0 Å². The van der Waals surface area contributed by atoms with E-state index < -0.39 is 19.6 Å². The van der Waals surface area contributed by atoms with Gasteiger partial charge in [0.15, 0.2) is 0 Å². The van der Waals surface area contributed by atoms with Crippen molar-refractivity contribution in [3.8, 4) is 0 Å². The molecule has 120 valence electrons. The second-order valence-corrected chi connectivity index (χ2v) is 14.4. The standard InChI is InChI=1S/3C4H9O.C4H7.Sn/c3*1-4(2)3-5;1-3-4-2;/h3*4H,3H2,1-2H3;3H,1-2,4H2;/q3*-1;;+3. The van der Waals surface area contributed by atoms with E-state index in [-0.39, 0.29) is 0 Å². The molecular weight excluding hydrogens is 359 g/mol. The van der Waals surface area contributed by atoms with Crippen LogP contribution < -0.4 is 0 Å². The third-order valence-corrected chi connectivity index (χ3v) is 10.3. The molecule has 0 bridgehead atoms. The van der Waals surface area contributed by atoms with Gasteiger partial charge in [0.05, 0.1) is 0 Å². The zero-order valence-electron chi connectivity index (χ0n) is 14.3. The van der Waals surface area contributed by atoms with Gasteiger partial charge in [0.25, 0.3) is 0 Å². The van der Waals surface area contributed by atoms with Crippen LogP contribution in [0.15, 0.2) is 12.7 Å². The summed E-state index contributed by atoms with van der Waals surface area (Å²) in [7, 11) is 0. The molecule has 0 spiro atoms. The average molecular weight is 393 g/mol. The first-order chi connectivity index (χ1) is 9.31. The Hall–Kier alpha value is 0.419. The SMILES string of the molecule is C=CC[CH2][Sn]([O]CC(C)C)([O]CC(C)C)[O]CC(C)C. The monoisotopic (exact) mass is 394 g/mol. The van der Waals surface area contributed by atoms with Gasteiger partial charge in [-0.05, 0) is 0 Å². The van der Waals surface area contributed by atoms with E-state index in [1.807, 2.05) is 6.08 Å². The van der Waals surface area contributed by atoms with Gasteiger partial charge in [0, 0.05) is 0 Å². The second-order valence-electron chi connectivity index (χ2n) is 6.62. The summed E-state index contributed by atoms with van der Waals surface area (Å²) in [6.07, 6.45) is 2.84. The topological polar surface area (TPSA) is 27.7 Å². The van der Waals surface area contributed by atoms with Gasteiger partial charge in [0.1, 0.15) is 0 Å². The average Bonchev–Trinajstić information content (AvgIpc) is 2.36. The molecule has 0 aliphatic rings. The maximum absolute atomic E-state index is 6.21. The molecule has 0 fully saturated rings. The first-order valence-electron chi connectivity index (χ1n) is 7.84. The molecule has 0 rings (SSSR count). The maximum atomic E-state index is 6.21. The van der Waals surface area contributed by atoms with Gasteiger partial charge in [0.2, 0.25) is 0 Å². The molecule has 0 atom stereocenters. The molecule has 0 heterocycles. The molecule has 0 aromatic heterocycles. The number of rotatable bonds is 12. The van der Waals surface area contributed by atoms with Crippen LogP contribution in [0.2, 0.25) is 4.44 Å². The molecule has 0 aromatic carbocycles. The normalized spacial score (nSPS) is 12.7. The van der Waals surface area contributed by atoms with Crippen molar-refractivity contribution in [1.29, 1.82) is 0 Å². The molecule has 0 saturated carbocycles. The Balaban J connectivity index is 4.78. The fraction of sp³-hybridized carbons (Fsp3) is 0.875. The minimum absolute atomic E-state index is 0.500. The van der Waals surface area contributed by atoms with Gasteiger partial charge in [-0.1, -0.05) is 0 Å². The third-order valence-electron chi connectivity index (χ3n) is 2.56. The fourth-order valence-corrected chi connectivity index (χ4v) is 10.1. The molecule has 4 heteroatoms. The Morgan fingerprint density at radius 2 is 1.15 bits per heavy atom. The van der Waals surface area contributed by atoms with Crippen LogP contribution in [0.5, 0.6) is 0 Å². The number of allylic oxidation sites excluding steroid dienone is 1. The van der Waals surface area contributed by atoms with E-state index in [0.717, 1.165) is 30.7 Å². The van der Waals surface area contributed by atoms with Crippen molar-refractivity contribution in [2.75, 3.05) is 19.8 Å². The van der Waals surface area contributed by atoms with Crippen LogP contribution in [-0.2, 0) is 9.22 Å². The van der Waals surface area contributed by atoms with Crippen molar-refractivity contribution in [2.45, 2.75) is 52.4 Å².